The lowest BCUT2D eigenvalue weighted by atomic mass is 10.2. The zero-order valence-electron chi connectivity index (χ0n) is 18.0. The predicted molar refractivity (Wildman–Crippen MR) is 122 cm³/mol. The average molecular weight is 481 g/mol. The zero-order valence-corrected chi connectivity index (χ0v) is 19.7. The number of nitrogens with two attached hydrogens (primary N) is 1. The maximum Gasteiger partial charge on any atom is 0.238 e. The fourth-order valence-electron chi connectivity index (χ4n) is 3.30. The summed E-state index contributed by atoms with van der Waals surface area (Å²) in [7, 11) is -2.43. The lowest BCUT2D eigenvalue weighted by Crippen LogP contribution is -2.31. The molecule has 2 aromatic carbocycles. The van der Waals surface area contributed by atoms with E-state index in [9.17, 15) is 17.6 Å². The van der Waals surface area contributed by atoms with E-state index in [0.29, 0.717) is 29.3 Å². The molecule has 0 aliphatic heterocycles. The molecule has 0 fully saturated rings. The van der Waals surface area contributed by atoms with Gasteiger partial charge in [0, 0.05) is 19.6 Å². The Hall–Kier alpha value is -2.63. The quantitative estimate of drug-likeness (QED) is 0.472. The Kier molecular flexibility index (Phi) is 7.42. The van der Waals surface area contributed by atoms with Gasteiger partial charge in [-0.2, -0.15) is 0 Å². The van der Waals surface area contributed by atoms with Crippen molar-refractivity contribution in [3.05, 3.63) is 47.8 Å². The van der Waals surface area contributed by atoms with E-state index in [4.69, 9.17) is 9.88 Å². The normalized spacial score (nSPS) is 11.7. The summed E-state index contributed by atoms with van der Waals surface area (Å²) in [6.45, 7) is 5.15. The summed E-state index contributed by atoms with van der Waals surface area (Å²) < 4.78 is 44.1. The molecule has 1 aromatic heterocycles. The Morgan fingerprint density at radius 2 is 2.00 bits per heavy atom. The van der Waals surface area contributed by atoms with Crippen LogP contribution in [0.15, 0.2) is 46.5 Å². The van der Waals surface area contributed by atoms with Crippen molar-refractivity contribution in [1.29, 1.82) is 0 Å². The fourth-order valence-corrected chi connectivity index (χ4v) is 4.82. The van der Waals surface area contributed by atoms with Crippen LogP contribution in [0.1, 0.15) is 19.4 Å². The summed E-state index contributed by atoms with van der Waals surface area (Å²) in [5.74, 6) is -0.299. The first-order chi connectivity index (χ1) is 15.2. The molecular formula is C21H25FN4O4S2. The lowest BCUT2D eigenvalue weighted by molar-refractivity contribution is -0.128. The van der Waals surface area contributed by atoms with Crippen molar-refractivity contribution in [2.75, 3.05) is 19.4 Å². The summed E-state index contributed by atoms with van der Waals surface area (Å²) in [5.41, 5.74) is 1.92. The molecule has 0 spiro atoms. The minimum absolute atomic E-state index is 0.0118. The third kappa shape index (κ3) is 5.22. The van der Waals surface area contributed by atoms with E-state index in [2.05, 4.69) is 4.98 Å². The predicted octanol–water partition coefficient (Wildman–Crippen LogP) is 2.99. The van der Waals surface area contributed by atoms with E-state index in [-0.39, 0.29) is 28.8 Å². The lowest BCUT2D eigenvalue weighted by Gasteiger charge is -2.21. The Labute approximate surface area is 190 Å². The van der Waals surface area contributed by atoms with Gasteiger partial charge in [0.1, 0.15) is 0 Å². The molecule has 32 heavy (non-hydrogen) atoms. The summed E-state index contributed by atoms with van der Waals surface area (Å²) >= 11 is 1.27. The number of aryl methyl sites for hydroxylation is 1. The molecule has 1 heterocycles. The van der Waals surface area contributed by atoms with Crippen molar-refractivity contribution in [2.45, 2.75) is 37.0 Å². The van der Waals surface area contributed by atoms with Crippen LogP contribution in [0.2, 0.25) is 0 Å². The number of thioether (sulfide) groups is 1. The zero-order chi connectivity index (χ0) is 23.5. The van der Waals surface area contributed by atoms with Gasteiger partial charge in [-0.1, -0.05) is 17.8 Å². The van der Waals surface area contributed by atoms with E-state index in [1.165, 1.54) is 43.1 Å². The minimum Gasteiger partial charge on any atom is -0.494 e. The van der Waals surface area contributed by atoms with Crippen LogP contribution in [0.3, 0.4) is 0 Å². The molecule has 2 N–H and O–H groups in total. The van der Waals surface area contributed by atoms with Gasteiger partial charge in [0.25, 0.3) is 0 Å². The molecule has 0 radical (unpaired) electrons. The second kappa shape index (κ2) is 9.88. The summed E-state index contributed by atoms with van der Waals surface area (Å²) in [4.78, 5) is 18.9. The number of fused-ring (bicyclic) bond motifs is 1. The molecule has 1 amide bonds. The number of amides is 1. The number of carbonyl (C=O) groups excluding carboxylic acids is 1. The van der Waals surface area contributed by atoms with Crippen LogP contribution in [0.25, 0.3) is 11.0 Å². The van der Waals surface area contributed by atoms with Crippen LogP contribution in [0.5, 0.6) is 5.75 Å². The maximum absolute atomic E-state index is 14.0. The number of hydrogen-bond donors (Lipinski definition) is 1. The molecular weight excluding hydrogens is 455 g/mol. The molecule has 0 saturated heterocycles. The molecule has 11 heteroatoms. The van der Waals surface area contributed by atoms with Crippen LogP contribution in [0, 0.1) is 5.82 Å². The third-order valence-electron chi connectivity index (χ3n) is 4.98. The van der Waals surface area contributed by atoms with Gasteiger partial charge in [0.2, 0.25) is 15.9 Å². The molecule has 0 aliphatic carbocycles. The molecule has 0 aliphatic rings. The molecule has 0 bridgehead atoms. The first-order valence-electron chi connectivity index (χ1n) is 9.94. The number of hydrogen-bond acceptors (Lipinski definition) is 6. The second-order valence-electron chi connectivity index (χ2n) is 7.00. The average Bonchev–Trinajstić information content (AvgIpc) is 3.12. The summed E-state index contributed by atoms with van der Waals surface area (Å²) in [6.07, 6.45) is 0. The third-order valence-corrected chi connectivity index (χ3v) is 6.85. The standard InChI is InChI=1S/C21H25FN4O4S2/c1-4-25(12-14-6-9-19(30-3)16(22)10-14)20(27)13-31-21-24-17-11-15(32(23,28)29)7-8-18(17)26(21)5-2/h6-11H,4-5,12-13H2,1-3H3,(H2,23,28,29). The summed E-state index contributed by atoms with van der Waals surface area (Å²) in [6, 6.07) is 9.16. The highest BCUT2D eigenvalue weighted by molar-refractivity contribution is 7.99. The number of methoxy groups -OCH3 is 1. The van der Waals surface area contributed by atoms with Gasteiger partial charge < -0.3 is 14.2 Å². The largest absolute Gasteiger partial charge is 0.494 e. The number of rotatable bonds is 9. The van der Waals surface area contributed by atoms with E-state index >= 15 is 0 Å². The highest BCUT2D eigenvalue weighted by Gasteiger charge is 2.18. The van der Waals surface area contributed by atoms with Crippen molar-refractivity contribution in [1.82, 2.24) is 14.5 Å². The van der Waals surface area contributed by atoms with Gasteiger partial charge in [0.15, 0.2) is 16.7 Å². The van der Waals surface area contributed by atoms with Crippen molar-refractivity contribution in [2.24, 2.45) is 5.14 Å². The van der Waals surface area contributed by atoms with E-state index in [1.807, 2.05) is 18.4 Å². The molecule has 172 valence electrons. The molecule has 0 unspecified atom stereocenters. The first kappa shape index (κ1) is 24.0. The molecule has 3 rings (SSSR count). The number of primary sulfonamides is 1. The fraction of sp³-hybridized carbons (Fsp3) is 0.333. The molecule has 0 saturated carbocycles. The van der Waals surface area contributed by atoms with E-state index in [1.54, 1.807) is 17.0 Å². The second-order valence-corrected chi connectivity index (χ2v) is 9.50. The minimum atomic E-state index is -3.83. The van der Waals surface area contributed by atoms with Gasteiger partial charge in [0.05, 0.1) is 28.8 Å². The van der Waals surface area contributed by atoms with E-state index < -0.39 is 15.8 Å². The van der Waals surface area contributed by atoms with Crippen molar-refractivity contribution in [3.8, 4) is 5.75 Å². The Morgan fingerprint density at radius 3 is 2.59 bits per heavy atom. The van der Waals surface area contributed by atoms with Crippen molar-refractivity contribution < 1.29 is 22.3 Å². The Morgan fingerprint density at radius 1 is 1.25 bits per heavy atom. The van der Waals surface area contributed by atoms with Crippen LogP contribution in [-0.4, -0.2) is 48.2 Å². The Balaban J connectivity index is 1.75. The van der Waals surface area contributed by atoms with Crippen LogP contribution < -0.4 is 9.88 Å². The summed E-state index contributed by atoms with van der Waals surface area (Å²) in [5, 5.41) is 5.82. The molecule has 0 atom stereocenters. The van der Waals surface area contributed by atoms with E-state index in [0.717, 1.165) is 5.52 Å². The first-order valence-corrected chi connectivity index (χ1v) is 12.5. The van der Waals surface area contributed by atoms with Crippen LogP contribution in [-0.2, 0) is 27.9 Å². The van der Waals surface area contributed by atoms with Crippen LogP contribution >= 0.6 is 11.8 Å². The number of ether oxygens (including phenoxy) is 1. The van der Waals surface area contributed by atoms with Crippen molar-refractivity contribution >= 4 is 38.7 Å². The smallest absolute Gasteiger partial charge is 0.238 e. The Bertz CT molecular complexity index is 1240. The van der Waals surface area contributed by atoms with Crippen LogP contribution in [0.4, 0.5) is 4.39 Å². The highest BCUT2D eigenvalue weighted by atomic mass is 32.2. The van der Waals surface area contributed by atoms with Gasteiger partial charge >= 0.3 is 0 Å². The number of aromatic nitrogens is 2. The van der Waals surface area contributed by atoms with Crippen molar-refractivity contribution in [3.63, 3.8) is 0 Å². The maximum atomic E-state index is 14.0. The SMILES string of the molecule is CCN(Cc1ccc(OC)c(F)c1)C(=O)CSc1nc2cc(S(N)(=O)=O)ccc2n1CC. The van der Waals surface area contributed by atoms with Gasteiger partial charge in [-0.25, -0.2) is 22.9 Å². The van der Waals surface area contributed by atoms with Gasteiger partial charge in [-0.05, 0) is 49.7 Å². The number of carbonyl (C=O) groups is 1. The topological polar surface area (TPSA) is 108 Å². The number of benzene rings is 2. The molecule has 3 aromatic rings. The number of sulfonamides is 1. The highest BCUT2D eigenvalue weighted by Crippen LogP contribution is 2.26. The molecule has 8 nitrogen and oxygen atoms in total. The number of imidazole rings is 1. The number of halogens is 1. The van der Waals surface area contributed by atoms with Gasteiger partial charge in [-0.3, -0.25) is 4.79 Å². The number of nitrogens with zero attached hydrogens (tertiary/aromatic N) is 3. The van der Waals surface area contributed by atoms with Gasteiger partial charge in [-0.15, -0.1) is 0 Å². The monoisotopic (exact) mass is 480 g/mol.